The monoisotopic (exact) mass is 257 g/mol. The van der Waals surface area contributed by atoms with Crippen molar-refractivity contribution in [2.24, 2.45) is 5.92 Å². The predicted molar refractivity (Wildman–Crippen MR) is 77.7 cm³/mol. The van der Waals surface area contributed by atoms with E-state index in [0.717, 1.165) is 25.9 Å². The molecule has 0 bridgehead atoms. The first-order chi connectivity index (χ1) is 9.33. The van der Waals surface area contributed by atoms with E-state index in [1.54, 1.807) is 0 Å². The van der Waals surface area contributed by atoms with Crippen LogP contribution in [-0.4, -0.2) is 28.7 Å². The second-order valence-corrected chi connectivity index (χ2v) is 5.87. The third-order valence-corrected chi connectivity index (χ3v) is 4.50. The molecule has 1 aromatic rings. The van der Waals surface area contributed by atoms with Gasteiger partial charge < -0.3 is 5.11 Å². The number of aliphatic hydroxyl groups is 1. The first-order valence-corrected chi connectivity index (χ1v) is 7.45. The summed E-state index contributed by atoms with van der Waals surface area (Å²) >= 11 is 0. The minimum Gasteiger partial charge on any atom is -0.393 e. The highest BCUT2D eigenvalue weighted by molar-refractivity contribution is 5.15. The molecule has 3 unspecified atom stereocenters. The quantitative estimate of drug-likeness (QED) is 0.842. The molecule has 0 saturated carbocycles. The van der Waals surface area contributed by atoms with Gasteiger partial charge in [0.2, 0.25) is 0 Å². The van der Waals surface area contributed by atoms with Gasteiger partial charge in [0.15, 0.2) is 0 Å². The zero-order valence-electron chi connectivity index (χ0n) is 11.4. The molecule has 2 nitrogen and oxygen atoms in total. The third-order valence-electron chi connectivity index (χ3n) is 4.50. The van der Waals surface area contributed by atoms with Crippen LogP contribution in [-0.2, 0) is 6.54 Å². The zero-order chi connectivity index (χ0) is 13.1. The molecule has 0 aromatic heterocycles. The Bertz CT molecular complexity index is 428. The maximum absolute atomic E-state index is 9.97. The molecule has 1 saturated heterocycles. The van der Waals surface area contributed by atoms with E-state index in [-0.39, 0.29) is 6.10 Å². The summed E-state index contributed by atoms with van der Waals surface area (Å²) in [5.41, 5.74) is 1.38. The van der Waals surface area contributed by atoms with Crippen molar-refractivity contribution in [3.63, 3.8) is 0 Å². The number of allylic oxidation sites excluding steroid dienone is 1. The average Bonchev–Trinajstić information content (AvgIpc) is 2.96. The number of benzene rings is 1. The van der Waals surface area contributed by atoms with Crippen LogP contribution in [0.2, 0.25) is 0 Å². The predicted octanol–water partition coefficient (Wildman–Crippen LogP) is 2.98. The van der Waals surface area contributed by atoms with Crippen molar-refractivity contribution in [3.8, 4) is 0 Å². The van der Waals surface area contributed by atoms with Crippen LogP contribution in [0.4, 0.5) is 0 Å². The topological polar surface area (TPSA) is 23.5 Å². The maximum atomic E-state index is 9.97. The Hall–Kier alpha value is -1.12. The molecule has 3 rings (SSSR count). The van der Waals surface area contributed by atoms with E-state index < -0.39 is 0 Å². The maximum Gasteiger partial charge on any atom is 0.0567 e. The molecule has 3 atom stereocenters. The minimum atomic E-state index is -0.106. The number of rotatable bonds is 3. The van der Waals surface area contributed by atoms with Crippen LogP contribution in [0.3, 0.4) is 0 Å². The van der Waals surface area contributed by atoms with Gasteiger partial charge >= 0.3 is 0 Å². The SMILES string of the molecule is OC1CCN(Cc2ccccc2)C(C2C=CCC2)C1. The summed E-state index contributed by atoms with van der Waals surface area (Å²) in [7, 11) is 0. The number of nitrogens with zero attached hydrogens (tertiary/aromatic N) is 1. The Kier molecular flexibility index (Phi) is 4.00. The molecule has 1 aliphatic heterocycles. The summed E-state index contributed by atoms with van der Waals surface area (Å²) in [5.74, 6) is 0.638. The lowest BCUT2D eigenvalue weighted by atomic mass is 9.88. The fourth-order valence-corrected chi connectivity index (χ4v) is 3.46. The van der Waals surface area contributed by atoms with Crippen molar-refractivity contribution in [3.05, 3.63) is 48.0 Å². The van der Waals surface area contributed by atoms with Gasteiger partial charge in [0, 0.05) is 19.1 Å². The van der Waals surface area contributed by atoms with Crippen LogP contribution in [0.5, 0.6) is 0 Å². The van der Waals surface area contributed by atoms with Gasteiger partial charge in [0.1, 0.15) is 0 Å². The molecule has 1 N–H and O–H groups in total. The average molecular weight is 257 g/mol. The standard InChI is InChI=1S/C17H23NO/c19-16-10-11-18(13-14-6-2-1-3-7-14)17(12-16)15-8-4-5-9-15/h1-4,6-8,15-17,19H,5,9-13H2. The fourth-order valence-electron chi connectivity index (χ4n) is 3.46. The van der Waals surface area contributed by atoms with Crippen LogP contribution in [0.25, 0.3) is 0 Å². The second-order valence-electron chi connectivity index (χ2n) is 5.87. The summed E-state index contributed by atoms with van der Waals surface area (Å²) in [4.78, 5) is 2.57. The van der Waals surface area contributed by atoms with Crippen LogP contribution < -0.4 is 0 Å². The van der Waals surface area contributed by atoms with Gasteiger partial charge in [-0.25, -0.2) is 0 Å². The number of hydrogen-bond acceptors (Lipinski definition) is 2. The largest absolute Gasteiger partial charge is 0.393 e. The van der Waals surface area contributed by atoms with Gasteiger partial charge in [-0.3, -0.25) is 4.90 Å². The van der Waals surface area contributed by atoms with Crippen molar-refractivity contribution < 1.29 is 5.11 Å². The molecule has 2 heteroatoms. The summed E-state index contributed by atoms with van der Waals surface area (Å²) < 4.78 is 0. The second kappa shape index (κ2) is 5.89. The van der Waals surface area contributed by atoms with Crippen molar-refractivity contribution in [2.45, 2.75) is 44.4 Å². The Morgan fingerprint density at radius 2 is 2.00 bits per heavy atom. The molecule has 0 radical (unpaired) electrons. The van der Waals surface area contributed by atoms with Crippen LogP contribution in [0, 0.1) is 5.92 Å². The number of hydrogen-bond donors (Lipinski definition) is 1. The first-order valence-electron chi connectivity index (χ1n) is 7.45. The molecule has 2 aliphatic rings. The molecule has 19 heavy (non-hydrogen) atoms. The molecular weight excluding hydrogens is 234 g/mol. The third kappa shape index (κ3) is 3.07. The Morgan fingerprint density at radius 1 is 1.16 bits per heavy atom. The van der Waals surface area contributed by atoms with Gasteiger partial charge in [0.05, 0.1) is 6.10 Å². The summed E-state index contributed by atoms with van der Waals surface area (Å²) in [5, 5.41) is 9.97. The van der Waals surface area contributed by atoms with Crippen molar-refractivity contribution in [2.75, 3.05) is 6.54 Å². The van der Waals surface area contributed by atoms with E-state index in [1.807, 2.05) is 0 Å². The van der Waals surface area contributed by atoms with Gasteiger partial charge in [0.25, 0.3) is 0 Å². The van der Waals surface area contributed by atoms with E-state index >= 15 is 0 Å². The lowest BCUT2D eigenvalue weighted by molar-refractivity contribution is 0.0206. The normalized spacial score (nSPS) is 31.7. The minimum absolute atomic E-state index is 0.106. The Morgan fingerprint density at radius 3 is 2.74 bits per heavy atom. The molecule has 1 heterocycles. The fraction of sp³-hybridized carbons (Fsp3) is 0.529. The highest BCUT2D eigenvalue weighted by Gasteiger charge is 2.32. The smallest absolute Gasteiger partial charge is 0.0567 e. The van der Waals surface area contributed by atoms with Gasteiger partial charge in [-0.1, -0.05) is 42.5 Å². The summed E-state index contributed by atoms with van der Waals surface area (Å²) in [6.07, 6.45) is 8.86. The van der Waals surface area contributed by atoms with E-state index in [1.165, 1.54) is 18.4 Å². The molecule has 0 amide bonds. The molecule has 1 aromatic carbocycles. The van der Waals surface area contributed by atoms with Crippen molar-refractivity contribution >= 4 is 0 Å². The lowest BCUT2D eigenvalue weighted by Crippen LogP contribution is -2.47. The summed E-state index contributed by atoms with van der Waals surface area (Å²) in [6.45, 7) is 2.04. The van der Waals surface area contributed by atoms with E-state index in [2.05, 4.69) is 47.4 Å². The Balaban J connectivity index is 1.72. The first kappa shape index (κ1) is 12.9. The van der Waals surface area contributed by atoms with Crippen molar-refractivity contribution in [1.29, 1.82) is 0 Å². The Labute approximate surface area is 115 Å². The highest BCUT2D eigenvalue weighted by Crippen LogP contribution is 2.31. The molecular formula is C17H23NO. The number of aliphatic hydroxyl groups excluding tert-OH is 1. The van der Waals surface area contributed by atoms with E-state index in [9.17, 15) is 5.11 Å². The zero-order valence-corrected chi connectivity index (χ0v) is 11.4. The molecule has 0 spiro atoms. The molecule has 1 aliphatic carbocycles. The van der Waals surface area contributed by atoms with Gasteiger partial charge in [-0.05, 0) is 37.2 Å². The van der Waals surface area contributed by atoms with E-state index in [0.29, 0.717) is 12.0 Å². The van der Waals surface area contributed by atoms with Crippen LogP contribution in [0.15, 0.2) is 42.5 Å². The van der Waals surface area contributed by atoms with Crippen molar-refractivity contribution in [1.82, 2.24) is 4.90 Å². The number of piperidine rings is 1. The highest BCUT2D eigenvalue weighted by atomic mass is 16.3. The van der Waals surface area contributed by atoms with Crippen LogP contribution >= 0.6 is 0 Å². The molecule has 102 valence electrons. The van der Waals surface area contributed by atoms with Gasteiger partial charge in [-0.15, -0.1) is 0 Å². The van der Waals surface area contributed by atoms with Crippen LogP contribution in [0.1, 0.15) is 31.2 Å². The van der Waals surface area contributed by atoms with Gasteiger partial charge in [-0.2, -0.15) is 0 Å². The summed E-state index contributed by atoms with van der Waals surface area (Å²) in [6, 6.07) is 11.2. The lowest BCUT2D eigenvalue weighted by Gasteiger charge is -2.40. The van der Waals surface area contributed by atoms with E-state index in [4.69, 9.17) is 0 Å². The number of likely N-dealkylation sites (tertiary alicyclic amines) is 1. The molecule has 1 fully saturated rings.